The lowest BCUT2D eigenvalue weighted by Crippen LogP contribution is -2.20. The lowest BCUT2D eigenvalue weighted by molar-refractivity contribution is -0.119. The molecule has 6 heteroatoms. The largest absolute Gasteiger partial charge is 0.450 e. The van der Waals surface area contributed by atoms with Gasteiger partial charge < -0.3 is 14.5 Å². The van der Waals surface area contributed by atoms with E-state index in [0.717, 1.165) is 5.56 Å². The number of carbonyl (C=O) groups is 3. The van der Waals surface area contributed by atoms with Crippen molar-refractivity contribution < 1.29 is 23.5 Å². The van der Waals surface area contributed by atoms with Crippen LogP contribution in [0, 0.1) is 0 Å². The van der Waals surface area contributed by atoms with E-state index in [1.165, 1.54) is 18.6 Å². The highest BCUT2D eigenvalue weighted by atomic mass is 16.5. The van der Waals surface area contributed by atoms with Crippen LogP contribution in [-0.2, 0) is 9.53 Å². The fraction of sp³-hybridized carbons (Fsp3) is 0.208. The van der Waals surface area contributed by atoms with E-state index in [4.69, 9.17) is 9.15 Å². The predicted molar refractivity (Wildman–Crippen MR) is 114 cm³/mol. The normalized spacial score (nSPS) is 10.7. The van der Waals surface area contributed by atoms with E-state index in [1.54, 1.807) is 30.3 Å². The van der Waals surface area contributed by atoms with Gasteiger partial charge >= 0.3 is 5.97 Å². The van der Waals surface area contributed by atoms with Crippen LogP contribution in [0.5, 0.6) is 0 Å². The summed E-state index contributed by atoms with van der Waals surface area (Å²) < 4.78 is 10.6. The van der Waals surface area contributed by atoms with Crippen molar-refractivity contribution in [1.29, 1.82) is 0 Å². The lowest BCUT2D eigenvalue weighted by atomic mass is 10.0. The van der Waals surface area contributed by atoms with Gasteiger partial charge in [-0.25, -0.2) is 4.79 Å². The van der Waals surface area contributed by atoms with Gasteiger partial charge in [0, 0.05) is 16.8 Å². The van der Waals surface area contributed by atoms with E-state index < -0.39 is 18.5 Å². The summed E-state index contributed by atoms with van der Waals surface area (Å²) in [6, 6.07) is 17.5. The first-order valence-electron chi connectivity index (χ1n) is 9.61. The molecule has 0 saturated carbocycles. The van der Waals surface area contributed by atoms with E-state index >= 15 is 0 Å². The SMILES string of the molecule is CC(=O)c1ccc(-c2ccc(C(=O)OCC(=O)Nc3ccc(C(C)C)cc3)o2)cc1. The Hall–Kier alpha value is -3.67. The van der Waals surface area contributed by atoms with Crippen LogP contribution in [-0.4, -0.2) is 24.3 Å². The summed E-state index contributed by atoms with van der Waals surface area (Å²) in [5, 5.41) is 2.69. The molecule has 6 nitrogen and oxygen atoms in total. The van der Waals surface area contributed by atoms with Crippen molar-refractivity contribution in [2.24, 2.45) is 0 Å². The highest BCUT2D eigenvalue weighted by molar-refractivity contribution is 5.95. The predicted octanol–water partition coefficient (Wildman–Crippen LogP) is 5.07. The smallest absolute Gasteiger partial charge is 0.374 e. The summed E-state index contributed by atoms with van der Waals surface area (Å²) in [4.78, 5) is 35.6. The Morgan fingerprint density at radius 2 is 1.60 bits per heavy atom. The number of esters is 1. The minimum Gasteiger partial charge on any atom is -0.450 e. The van der Waals surface area contributed by atoms with Crippen LogP contribution in [0.25, 0.3) is 11.3 Å². The summed E-state index contributed by atoms with van der Waals surface area (Å²) in [6.07, 6.45) is 0. The van der Waals surface area contributed by atoms with E-state index in [0.29, 0.717) is 22.9 Å². The van der Waals surface area contributed by atoms with Gasteiger partial charge in [0.25, 0.3) is 5.91 Å². The van der Waals surface area contributed by atoms with E-state index in [1.807, 2.05) is 24.3 Å². The first-order chi connectivity index (χ1) is 14.3. The fourth-order valence-electron chi connectivity index (χ4n) is 2.82. The van der Waals surface area contributed by atoms with E-state index in [9.17, 15) is 14.4 Å². The topological polar surface area (TPSA) is 85.6 Å². The molecular formula is C24H23NO5. The maximum Gasteiger partial charge on any atom is 0.374 e. The number of hydrogen-bond donors (Lipinski definition) is 1. The Bertz CT molecular complexity index is 1050. The second-order valence-corrected chi connectivity index (χ2v) is 7.20. The fourth-order valence-corrected chi connectivity index (χ4v) is 2.82. The van der Waals surface area contributed by atoms with Gasteiger partial charge in [0.2, 0.25) is 5.76 Å². The summed E-state index contributed by atoms with van der Waals surface area (Å²) in [6.45, 7) is 5.25. The number of hydrogen-bond acceptors (Lipinski definition) is 5. The Morgan fingerprint density at radius 1 is 0.933 bits per heavy atom. The van der Waals surface area contributed by atoms with Gasteiger partial charge in [0.15, 0.2) is 12.4 Å². The van der Waals surface area contributed by atoms with Crippen molar-refractivity contribution in [2.45, 2.75) is 26.7 Å². The molecule has 0 bridgehead atoms. The summed E-state index contributed by atoms with van der Waals surface area (Å²) in [5.74, 6) is -0.332. The number of carbonyl (C=O) groups excluding carboxylic acids is 3. The minimum atomic E-state index is -0.730. The molecule has 1 amide bonds. The number of anilines is 1. The zero-order chi connectivity index (χ0) is 21.7. The standard InChI is InChI=1S/C24H23NO5/c1-15(2)17-8-10-20(11-9-17)25-23(27)14-29-24(28)22-13-12-21(30-22)19-6-4-18(5-7-19)16(3)26/h4-13,15H,14H2,1-3H3,(H,25,27). The second kappa shape index (κ2) is 9.22. The molecule has 30 heavy (non-hydrogen) atoms. The van der Waals surface area contributed by atoms with Crippen LogP contribution in [0.3, 0.4) is 0 Å². The summed E-state index contributed by atoms with van der Waals surface area (Å²) in [7, 11) is 0. The Balaban J connectivity index is 1.55. The van der Waals surface area contributed by atoms with Crippen molar-refractivity contribution in [2.75, 3.05) is 11.9 Å². The zero-order valence-electron chi connectivity index (χ0n) is 17.1. The van der Waals surface area contributed by atoms with Gasteiger partial charge in [-0.15, -0.1) is 0 Å². The Kier molecular flexibility index (Phi) is 6.47. The van der Waals surface area contributed by atoms with Crippen molar-refractivity contribution in [3.63, 3.8) is 0 Å². The van der Waals surface area contributed by atoms with Gasteiger partial charge in [-0.2, -0.15) is 0 Å². The van der Waals surface area contributed by atoms with Gasteiger partial charge in [-0.05, 0) is 42.7 Å². The number of nitrogens with one attached hydrogen (secondary N) is 1. The van der Waals surface area contributed by atoms with Gasteiger partial charge in [-0.3, -0.25) is 9.59 Å². The molecule has 0 fully saturated rings. The van der Waals surface area contributed by atoms with Crippen molar-refractivity contribution in [1.82, 2.24) is 0 Å². The molecule has 0 radical (unpaired) electrons. The average molecular weight is 405 g/mol. The van der Waals surface area contributed by atoms with Crippen LogP contribution >= 0.6 is 0 Å². The zero-order valence-corrected chi connectivity index (χ0v) is 17.1. The first-order valence-corrected chi connectivity index (χ1v) is 9.61. The molecule has 3 rings (SSSR count). The van der Waals surface area contributed by atoms with Crippen molar-refractivity contribution in [3.05, 3.63) is 77.6 Å². The minimum absolute atomic E-state index is 0.00488. The molecule has 0 saturated heterocycles. The molecule has 1 aromatic heterocycles. The van der Waals surface area contributed by atoms with Crippen LogP contribution in [0.1, 0.15) is 53.2 Å². The number of ketones is 1. The molecule has 0 aliphatic rings. The lowest BCUT2D eigenvalue weighted by Gasteiger charge is -2.08. The third-order valence-electron chi connectivity index (χ3n) is 4.58. The number of amides is 1. The quantitative estimate of drug-likeness (QED) is 0.438. The molecule has 0 spiro atoms. The molecular weight excluding hydrogens is 382 g/mol. The van der Waals surface area contributed by atoms with Crippen molar-refractivity contribution in [3.8, 4) is 11.3 Å². The highest BCUT2D eigenvalue weighted by Crippen LogP contribution is 2.23. The number of Topliss-reactive ketones (excluding diaryl/α,β-unsaturated/α-hetero) is 1. The third kappa shape index (κ3) is 5.23. The number of benzene rings is 2. The molecule has 0 aliphatic heterocycles. The molecule has 0 unspecified atom stereocenters. The number of rotatable bonds is 7. The summed E-state index contributed by atoms with van der Waals surface area (Å²) in [5.41, 5.74) is 3.12. The second-order valence-electron chi connectivity index (χ2n) is 7.20. The Morgan fingerprint density at radius 3 is 2.20 bits per heavy atom. The summed E-state index contributed by atoms with van der Waals surface area (Å²) >= 11 is 0. The monoisotopic (exact) mass is 405 g/mol. The van der Waals surface area contributed by atoms with Crippen LogP contribution in [0.4, 0.5) is 5.69 Å². The molecule has 154 valence electrons. The third-order valence-corrected chi connectivity index (χ3v) is 4.58. The van der Waals surface area contributed by atoms with Crippen molar-refractivity contribution >= 4 is 23.3 Å². The highest BCUT2D eigenvalue weighted by Gasteiger charge is 2.16. The van der Waals surface area contributed by atoms with Gasteiger partial charge in [-0.1, -0.05) is 50.2 Å². The van der Waals surface area contributed by atoms with Gasteiger partial charge in [0.05, 0.1) is 0 Å². The maximum atomic E-state index is 12.2. The van der Waals surface area contributed by atoms with E-state index in [2.05, 4.69) is 19.2 Å². The van der Waals surface area contributed by atoms with Crippen LogP contribution < -0.4 is 5.32 Å². The van der Waals surface area contributed by atoms with Crippen LogP contribution in [0.2, 0.25) is 0 Å². The van der Waals surface area contributed by atoms with Gasteiger partial charge in [0.1, 0.15) is 5.76 Å². The molecule has 1 heterocycles. The average Bonchev–Trinajstić information content (AvgIpc) is 3.23. The molecule has 0 atom stereocenters. The molecule has 1 N–H and O–H groups in total. The maximum absolute atomic E-state index is 12.2. The number of furan rings is 1. The van der Waals surface area contributed by atoms with Crippen LogP contribution in [0.15, 0.2) is 65.1 Å². The molecule has 0 aliphatic carbocycles. The first kappa shape index (κ1) is 21.0. The molecule has 3 aromatic rings. The Labute approximate surface area is 174 Å². The number of ether oxygens (including phenoxy) is 1. The molecule has 2 aromatic carbocycles. The van der Waals surface area contributed by atoms with E-state index in [-0.39, 0.29) is 11.5 Å².